The Morgan fingerprint density at radius 3 is 2.55 bits per heavy atom. The summed E-state index contributed by atoms with van der Waals surface area (Å²) < 4.78 is 5.91. The first-order valence-electron chi connectivity index (χ1n) is 6.83. The zero-order valence-corrected chi connectivity index (χ0v) is 12.7. The molecule has 0 spiro atoms. The molecule has 0 aromatic heterocycles. The number of rotatable bonds is 6. The van der Waals surface area contributed by atoms with Crippen molar-refractivity contribution in [1.82, 2.24) is 5.32 Å². The van der Waals surface area contributed by atoms with Gasteiger partial charge in [0.15, 0.2) is 0 Å². The van der Waals surface area contributed by atoms with E-state index in [1.54, 1.807) is 0 Å². The van der Waals surface area contributed by atoms with E-state index in [9.17, 15) is 0 Å². The average molecular weight is 290 g/mol. The van der Waals surface area contributed by atoms with Crippen LogP contribution in [0.2, 0.25) is 5.02 Å². The lowest BCUT2D eigenvalue weighted by atomic mass is 10.2. The molecule has 0 fully saturated rings. The molecule has 0 aliphatic heterocycles. The van der Waals surface area contributed by atoms with Gasteiger partial charge in [-0.15, -0.1) is 0 Å². The summed E-state index contributed by atoms with van der Waals surface area (Å²) in [4.78, 5) is 0. The molecule has 0 amide bonds. The molecule has 1 N–H and O–H groups in total. The molecule has 0 saturated carbocycles. The standard InChI is InChI=1S/C17H20ClNO/c1-13(2)19-11-15-8-9-16(18)10-17(15)20-12-14-6-4-3-5-7-14/h3-10,13,19H,11-12H2,1-2H3. The van der Waals surface area contributed by atoms with Crippen LogP contribution >= 0.6 is 11.6 Å². The molecule has 0 aliphatic rings. The molecule has 0 atom stereocenters. The van der Waals surface area contributed by atoms with E-state index >= 15 is 0 Å². The van der Waals surface area contributed by atoms with Crippen molar-refractivity contribution in [3.63, 3.8) is 0 Å². The van der Waals surface area contributed by atoms with Crippen molar-refractivity contribution in [3.05, 3.63) is 64.7 Å². The zero-order valence-electron chi connectivity index (χ0n) is 11.9. The lowest BCUT2D eigenvalue weighted by Crippen LogP contribution is -2.22. The minimum Gasteiger partial charge on any atom is -0.489 e. The predicted molar refractivity (Wildman–Crippen MR) is 84.2 cm³/mol. The lowest BCUT2D eigenvalue weighted by Gasteiger charge is -2.14. The normalized spacial score (nSPS) is 10.8. The largest absolute Gasteiger partial charge is 0.489 e. The van der Waals surface area contributed by atoms with Gasteiger partial charge in [0.1, 0.15) is 12.4 Å². The molecule has 2 nitrogen and oxygen atoms in total. The van der Waals surface area contributed by atoms with Crippen molar-refractivity contribution < 1.29 is 4.74 Å². The third kappa shape index (κ3) is 4.55. The highest BCUT2D eigenvalue weighted by Crippen LogP contribution is 2.24. The third-order valence-electron chi connectivity index (χ3n) is 2.97. The molecule has 3 heteroatoms. The molecule has 0 unspecified atom stereocenters. The molecule has 2 rings (SSSR count). The van der Waals surface area contributed by atoms with Crippen molar-refractivity contribution in [2.24, 2.45) is 0 Å². The van der Waals surface area contributed by atoms with Crippen molar-refractivity contribution in [2.75, 3.05) is 0 Å². The Labute approximate surface area is 125 Å². The van der Waals surface area contributed by atoms with E-state index in [0.29, 0.717) is 17.7 Å². The van der Waals surface area contributed by atoms with E-state index in [0.717, 1.165) is 23.4 Å². The van der Waals surface area contributed by atoms with Crippen LogP contribution in [0.25, 0.3) is 0 Å². The van der Waals surface area contributed by atoms with Crippen LogP contribution in [0.4, 0.5) is 0 Å². The minimum atomic E-state index is 0.438. The Kier molecular flexibility index (Phi) is 5.45. The van der Waals surface area contributed by atoms with Crippen molar-refractivity contribution in [3.8, 4) is 5.75 Å². The molecule has 0 saturated heterocycles. The van der Waals surface area contributed by atoms with Crippen LogP contribution in [0.15, 0.2) is 48.5 Å². The quantitative estimate of drug-likeness (QED) is 0.850. The van der Waals surface area contributed by atoms with E-state index in [1.807, 2.05) is 36.4 Å². The van der Waals surface area contributed by atoms with Gasteiger partial charge in [0.2, 0.25) is 0 Å². The first-order valence-corrected chi connectivity index (χ1v) is 7.21. The molecule has 0 heterocycles. The highest BCUT2D eigenvalue weighted by Gasteiger charge is 2.06. The van der Waals surface area contributed by atoms with Crippen LogP contribution in [0.1, 0.15) is 25.0 Å². The van der Waals surface area contributed by atoms with Crippen LogP contribution in [0.3, 0.4) is 0 Å². The third-order valence-corrected chi connectivity index (χ3v) is 3.20. The van der Waals surface area contributed by atoms with Gasteiger partial charge in [-0.1, -0.05) is 61.8 Å². The number of nitrogens with one attached hydrogen (secondary N) is 1. The fourth-order valence-corrected chi connectivity index (χ4v) is 2.02. The Bertz CT molecular complexity index is 540. The van der Waals surface area contributed by atoms with Crippen LogP contribution in [0.5, 0.6) is 5.75 Å². The Hall–Kier alpha value is -1.51. The summed E-state index contributed by atoms with van der Waals surface area (Å²) >= 11 is 6.06. The molecule has 2 aromatic carbocycles. The number of hydrogen-bond acceptors (Lipinski definition) is 2. The van der Waals surface area contributed by atoms with Crippen LogP contribution in [-0.4, -0.2) is 6.04 Å². The van der Waals surface area contributed by atoms with E-state index < -0.39 is 0 Å². The first-order chi connectivity index (χ1) is 9.65. The SMILES string of the molecule is CC(C)NCc1ccc(Cl)cc1OCc1ccccc1. The van der Waals surface area contributed by atoms with Crippen LogP contribution < -0.4 is 10.1 Å². The Morgan fingerprint density at radius 1 is 1.10 bits per heavy atom. The number of benzene rings is 2. The Balaban J connectivity index is 2.07. The summed E-state index contributed by atoms with van der Waals surface area (Å²) in [6.45, 7) is 5.58. The van der Waals surface area contributed by atoms with Gasteiger partial charge in [0.05, 0.1) is 0 Å². The van der Waals surface area contributed by atoms with Gasteiger partial charge >= 0.3 is 0 Å². The van der Waals surface area contributed by atoms with E-state index in [-0.39, 0.29) is 0 Å². The molecule has 0 radical (unpaired) electrons. The summed E-state index contributed by atoms with van der Waals surface area (Å²) in [5.74, 6) is 0.842. The maximum Gasteiger partial charge on any atom is 0.125 e. The van der Waals surface area contributed by atoms with E-state index in [4.69, 9.17) is 16.3 Å². The number of halogens is 1. The van der Waals surface area contributed by atoms with Gasteiger partial charge in [-0.05, 0) is 17.7 Å². The fourth-order valence-electron chi connectivity index (χ4n) is 1.86. The summed E-state index contributed by atoms with van der Waals surface area (Å²) in [5, 5.41) is 4.09. The highest BCUT2D eigenvalue weighted by molar-refractivity contribution is 6.30. The van der Waals surface area contributed by atoms with Gasteiger partial charge in [-0.3, -0.25) is 0 Å². The molecular weight excluding hydrogens is 270 g/mol. The second-order valence-corrected chi connectivity index (χ2v) is 5.50. The second-order valence-electron chi connectivity index (χ2n) is 5.06. The molecule has 106 valence electrons. The van der Waals surface area contributed by atoms with Crippen molar-refractivity contribution in [2.45, 2.75) is 33.0 Å². The minimum absolute atomic E-state index is 0.438. The molecular formula is C17H20ClNO. The average Bonchev–Trinajstić information content (AvgIpc) is 2.45. The van der Waals surface area contributed by atoms with Crippen LogP contribution in [-0.2, 0) is 13.2 Å². The second kappa shape index (κ2) is 7.32. The van der Waals surface area contributed by atoms with Crippen molar-refractivity contribution >= 4 is 11.6 Å². The maximum atomic E-state index is 6.06. The monoisotopic (exact) mass is 289 g/mol. The summed E-state index contributed by atoms with van der Waals surface area (Å²) in [6, 6.07) is 16.4. The maximum absolute atomic E-state index is 6.06. The number of ether oxygens (including phenoxy) is 1. The lowest BCUT2D eigenvalue weighted by molar-refractivity contribution is 0.302. The van der Waals surface area contributed by atoms with E-state index in [2.05, 4.69) is 31.3 Å². The predicted octanol–water partition coefficient (Wildman–Crippen LogP) is 4.42. The smallest absolute Gasteiger partial charge is 0.125 e. The van der Waals surface area contributed by atoms with Crippen molar-refractivity contribution in [1.29, 1.82) is 0 Å². The molecule has 2 aromatic rings. The van der Waals surface area contributed by atoms with Gasteiger partial charge in [-0.2, -0.15) is 0 Å². The fraction of sp³-hybridized carbons (Fsp3) is 0.294. The summed E-state index contributed by atoms with van der Waals surface area (Å²) in [5.41, 5.74) is 2.27. The molecule has 0 aliphatic carbocycles. The van der Waals surface area contributed by atoms with Gasteiger partial charge in [-0.25, -0.2) is 0 Å². The first kappa shape index (κ1) is 14.9. The highest BCUT2D eigenvalue weighted by atomic mass is 35.5. The Morgan fingerprint density at radius 2 is 1.85 bits per heavy atom. The van der Waals surface area contributed by atoms with Crippen LogP contribution in [0, 0.1) is 0 Å². The molecule has 0 bridgehead atoms. The van der Waals surface area contributed by atoms with Gasteiger partial charge < -0.3 is 10.1 Å². The van der Waals surface area contributed by atoms with E-state index in [1.165, 1.54) is 0 Å². The van der Waals surface area contributed by atoms with Gasteiger partial charge in [0.25, 0.3) is 0 Å². The topological polar surface area (TPSA) is 21.3 Å². The summed E-state index contributed by atoms with van der Waals surface area (Å²) in [6.07, 6.45) is 0. The zero-order chi connectivity index (χ0) is 14.4. The molecule has 20 heavy (non-hydrogen) atoms. The summed E-state index contributed by atoms with van der Waals surface area (Å²) in [7, 11) is 0. The number of hydrogen-bond donors (Lipinski definition) is 1. The van der Waals surface area contributed by atoms with Gasteiger partial charge in [0, 0.05) is 23.2 Å².